The van der Waals surface area contributed by atoms with Gasteiger partial charge in [-0.05, 0) is 24.5 Å². The molecule has 88 valence electrons. The summed E-state index contributed by atoms with van der Waals surface area (Å²) in [6, 6.07) is 5.84. The molecule has 1 heterocycles. The number of hydrogen-bond acceptors (Lipinski definition) is 3. The van der Waals surface area contributed by atoms with Gasteiger partial charge in [0, 0.05) is 18.7 Å². The van der Waals surface area contributed by atoms with Crippen LogP contribution in [-0.2, 0) is 6.42 Å². The molecule has 0 spiro atoms. The van der Waals surface area contributed by atoms with Gasteiger partial charge in [-0.3, -0.25) is 0 Å². The molecule has 0 saturated carbocycles. The number of benzene rings is 1. The molecule has 2 N–H and O–H groups in total. The molecule has 1 aromatic carbocycles. The van der Waals surface area contributed by atoms with Crippen LogP contribution in [0.5, 0.6) is 11.5 Å². The predicted molar refractivity (Wildman–Crippen MR) is 64.0 cm³/mol. The maximum atomic E-state index is 9.40. The first-order chi connectivity index (χ1) is 7.65. The molecule has 1 aromatic rings. The average Bonchev–Trinajstić information content (AvgIpc) is 2.25. The van der Waals surface area contributed by atoms with Gasteiger partial charge >= 0.3 is 0 Å². The van der Waals surface area contributed by atoms with E-state index < -0.39 is 0 Å². The van der Waals surface area contributed by atoms with Crippen molar-refractivity contribution in [3.63, 3.8) is 0 Å². The van der Waals surface area contributed by atoms with Crippen molar-refractivity contribution in [1.29, 1.82) is 0 Å². The highest BCUT2D eigenvalue weighted by Gasteiger charge is 2.19. The van der Waals surface area contributed by atoms with Crippen LogP contribution in [0.3, 0.4) is 0 Å². The van der Waals surface area contributed by atoms with Crippen molar-refractivity contribution >= 4 is 0 Å². The number of fused-ring (bicyclic) bond motifs is 1. The molecule has 0 amide bonds. The maximum Gasteiger partial charge on any atom is 0.126 e. The Morgan fingerprint density at radius 1 is 1.50 bits per heavy atom. The fourth-order valence-corrected chi connectivity index (χ4v) is 1.93. The van der Waals surface area contributed by atoms with Crippen molar-refractivity contribution in [3.05, 3.63) is 23.8 Å². The predicted octanol–water partition coefficient (Wildman–Crippen LogP) is 2.08. The Bertz CT molecular complexity index is 363. The van der Waals surface area contributed by atoms with Crippen molar-refractivity contribution in [1.82, 2.24) is 5.32 Å². The average molecular weight is 221 g/mol. The van der Waals surface area contributed by atoms with Gasteiger partial charge in [-0.15, -0.1) is 0 Å². The van der Waals surface area contributed by atoms with Crippen molar-refractivity contribution < 1.29 is 9.84 Å². The summed E-state index contributed by atoms with van der Waals surface area (Å²) in [6.45, 7) is 5.12. The van der Waals surface area contributed by atoms with E-state index in [1.165, 1.54) is 5.56 Å². The molecular formula is C13H19NO2. The molecule has 1 aliphatic rings. The SMILES string of the molecule is CC(C)NC[C@@H]1CCc2ccc(O)cc2O1. The molecule has 16 heavy (non-hydrogen) atoms. The highest BCUT2D eigenvalue weighted by molar-refractivity contribution is 5.41. The lowest BCUT2D eigenvalue weighted by molar-refractivity contribution is 0.167. The molecule has 2 rings (SSSR count). The Labute approximate surface area is 96.4 Å². The van der Waals surface area contributed by atoms with Crippen LogP contribution < -0.4 is 10.1 Å². The first kappa shape index (κ1) is 11.3. The number of rotatable bonds is 3. The zero-order valence-corrected chi connectivity index (χ0v) is 9.86. The van der Waals surface area contributed by atoms with E-state index in [4.69, 9.17) is 4.74 Å². The molecule has 0 aromatic heterocycles. The van der Waals surface area contributed by atoms with E-state index in [9.17, 15) is 5.11 Å². The number of nitrogens with one attached hydrogen (secondary N) is 1. The van der Waals surface area contributed by atoms with Crippen LogP contribution in [-0.4, -0.2) is 23.8 Å². The van der Waals surface area contributed by atoms with Crippen LogP contribution in [0.4, 0.5) is 0 Å². The van der Waals surface area contributed by atoms with E-state index in [0.29, 0.717) is 6.04 Å². The maximum absolute atomic E-state index is 9.40. The zero-order chi connectivity index (χ0) is 11.5. The van der Waals surface area contributed by atoms with Gasteiger partial charge in [-0.2, -0.15) is 0 Å². The lowest BCUT2D eigenvalue weighted by Gasteiger charge is -2.27. The Morgan fingerprint density at radius 2 is 2.31 bits per heavy atom. The number of phenolic OH excluding ortho intramolecular Hbond substituents is 1. The first-order valence-corrected chi connectivity index (χ1v) is 5.87. The zero-order valence-electron chi connectivity index (χ0n) is 9.86. The lowest BCUT2D eigenvalue weighted by Crippen LogP contribution is -2.37. The number of aromatic hydroxyl groups is 1. The van der Waals surface area contributed by atoms with Crippen molar-refractivity contribution in [2.24, 2.45) is 0 Å². The normalized spacial score (nSPS) is 19.3. The van der Waals surface area contributed by atoms with Crippen LogP contribution in [0, 0.1) is 0 Å². The summed E-state index contributed by atoms with van der Waals surface area (Å²) < 4.78 is 5.84. The van der Waals surface area contributed by atoms with Crippen molar-refractivity contribution in [2.45, 2.75) is 38.8 Å². The minimum Gasteiger partial charge on any atom is -0.508 e. The van der Waals surface area contributed by atoms with E-state index in [-0.39, 0.29) is 11.9 Å². The summed E-state index contributed by atoms with van der Waals surface area (Å²) in [7, 11) is 0. The van der Waals surface area contributed by atoms with Crippen LogP contribution in [0.15, 0.2) is 18.2 Å². The summed E-state index contributed by atoms with van der Waals surface area (Å²) >= 11 is 0. The third kappa shape index (κ3) is 2.67. The summed E-state index contributed by atoms with van der Waals surface area (Å²) in [6.07, 6.45) is 2.29. The highest BCUT2D eigenvalue weighted by Crippen LogP contribution is 2.30. The third-order valence-corrected chi connectivity index (χ3v) is 2.83. The smallest absolute Gasteiger partial charge is 0.126 e. The summed E-state index contributed by atoms with van der Waals surface area (Å²) in [5, 5.41) is 12.8. The Morgan fingerprint density at radius 3 is 3.06 bits per heavy atom. The molecule has 3 heteroatoms. The van der Waals surface area contributed by atoms with Crippen molar-refractivity contribution in [2.75, 3.05) is 6.54 Å². The molecule has 1 aliphatic heterocycles. The second-order valence-electron chi connectivity index (χ2n) is 4.63. The lowest BCUT2D eigenvalue weighted by atomic mass is 10.0. The minimum absolute atomic E-state index is 0.219. The van der Waals surface area contributed by atoms with Gasteiger partial charge in [0.15, 0.2) is 0 Å². The van der Waals surface area contributed by atoms with Gasteiger partial charge in [0.05, 0.1) is 0 Å². The van der Waals surface area contributed by atoms with Crippen LogP contribution >= 0.6 is 0 Å². The molecule has 1 atom stereocenters. The van der Waals surface area contributed by atoms with E-state index in [1.54, 1.807) is 12.1 Å². The molecule has 0 fully saturated rings. The van der Waals surface area contributed by atoms with Gasteiger partial charge in [0.1, 0.15) is 17.6 Å². The molecule has 0 radical (unpaired) electrons. The molecule has 0 saturated heterocycles. The summed E-state index contributed by atoms with van der Waals surface area (Å²) in [5.74, 6) is 1.11. The minimum atomic E-state index is 0.219. The highest BCUT2D eigenvalue weighted by atomic mass is 16.5. The standard InChI is InChI=1S/C13H19NO2/c1-9(2)14-8-12-6-4-10-3-5-11(15)7-13(10)16-12/h3,5,7,9,12,14-15H,4,6,8H2,1-2H3/t12-/m0/s1. The van der Waals surface area contributed by atoms with Gasteiger partial charge in [-0.25, -0.2) is 0 Å². The first-order valence-electron chi connectivity index (χ1n) is 5.87. The molecule has 0 aliphatic carbocycles. The van der Waals surface area contributed by atoms with Gasteiger partial charge < -0.3 is 15.2 Å². The van der Waals surface area contributed by atoms with Crippen LogP contribution in [0.2, 0.25) is 0 Å². The largest absolute Gasteiger partial charge is 0.508 e. The summed E-state index contributed by atoms with van der Waals surface area (Å²) in [4.78, 5) is 0. The van der Waals surface area contributed by atoms with Crippen LogP contribution in [0.25, 0.3) is 0 Å². The Kier molecular flexibility index (Phi) is 3.34. The Hall–Kier alpha value is -1.22. The van der Waals surface area contributed by atoms with Crippen molar-refractivity contribution in [3.8, 4) is 11.5 Å². The third-order valence-electron chi connectivity index (χ3n) is 2.83. The molecule has 3 nitrogen and oxygen atoms in total. The second-order valence-corrected chi connectivity index (χ2v) is 4.63. The fraction of sp³-hybridized carbons (Fsp3) is 0.538. The molecule has 0 bridgehead atoms. The Balaban J connectivity index is 1.99. The number of aryl methyl sites for hydroxylation is 1. The number of ether oxygens (including phenoxy) is 1. The second kappa shape index (κ2) is 4.74. The van der Waals surface area contributed by atoms with Gasteiger partial charge in [-0.1, -0.05) is 19.9 Å². The van der Waals surface area contributed by atoms with E-state index in [0.717, 1.165) is 25.1 Å². The van der Waals surface area contributed by atoms with Gasteiger partial charge in [0.25, 0.3) is 0 Å². The monoisotopic (exact) mass is 221 g/mol. The van der Waals surface area contributed by atoms with E-state index >= 15 is 0 Å². The quantitative estimate of drug-likeness (QED) is 0.821. The number of hydrogen-bond donors (Lipinski definition) is 2. The van der Waals surface area contributed by atoms with E-state index in [2.05, 4.69) is 19.2 Å². The van der Waals surface area contributed by atoms with Gasteiger partial charge in [0.2, 0.25) is 0 Å². The number of phenols is 1. The fourth-order valence-electron chi connectivity index (χ4n) is 1.93. The molecule has 0 unspecified atom stereocenters. The topological polar surface area (TPSA) is 41.5 Å². The molecular weight excluding hydrogens is 202 g/mol. The van der Waals surface area contributed by atoms with E-state index in [1.807, 2.05) is 6.07 Å². The van der Waals surface area contributed by atoms with Crippen LogP contribution in [0.1, 0.15) is 25.8 Å². The summed E-state index contributed by atoms with van der Waals surface area (Å²) in [5.41, 5.74) is 1.19.